The molecule has 0 aliphatic carbocycles. The number of carbonyl (C=O) groups excluding carboxylic acids is 2. The van der Waals surface area contributed by atoms with Crippen molar-refractivity contribution in [3.8, 4) is 0 Å². The zero-order valence-electron chi connectivity index (χ0n) is 13.2. The van der Waals surface area contributed by atoms with Crippen LogP contribution in [0.4, 0.5) is 5.69 Å². The van der Waals surface area contributed by atoms with Crippen molar-refractivity contribution in [3.63, 3.8) is 0 Å². The topological polar surface area (TPSA) is 117 Å². The number of rotatable bonds is 5. The van der Waals surface area contributed by atoms with Crippen LogP contribution in [0.3, 0.4) is 0 Å². The predicted octanol–water partition coefficient (Wildman–Crippen LogP) is 0.722. The van der Waals surface area contributed by atoms with Crippen LogP contribution in [0.25, 0.3) is 0 Å². The largest absolute Gasteiger partial charge is 0.366 e. The van der Waals surface area contributed by atoms with Crippen molar-refractivity contribution in [2.45, 2.75) is 18.8 Å². The SMILES string of the molecule is NC(=O)c1ccc(NC(=O)CN2CCC(c3ncn[nH]3)CC2)cc1. The van der Waals surface area contributed by atoms with E-state index in [-0.39, 0.29) is 5.91 Å². The number of H-pyrrole nitrogens is 1. The van der Waals surface area contributed by atoms with Gasteiger partial charge in [-0.3, -0.25) is 19.6 Å². The van der Waals surface area contributed by atoms with Gasteiger partial charge in [-0.2, -0.15) is 5.10 Å². The van der Waals surface area contributed by atoms with E-state index in [4.69, 9.17) is 5.73 Å². The number of hydrogen-bond donors (Lipinski definition) is 3. The van der Waals surface area contributed by atoms with E-state index >= 15 is 0 Å². The Balaban J connectivity index is 1.46. The molecule has 24 heavy (non-hydrogen) atoms. The summed E-state index contributed by atoms with van der Waals surface area (Å²) in [5.74, 6) is 0.754. The molecule has 2 heterocycles. The first-order valence-corrected chi connectivity index (χ1v) is 7.89. The second-order valence-corrected chi connectivity index (χ2v) is 5.91. The Kier molecular flexibility index (Phi) is 4.85. The summed E-state index contributed by atoms with van der Waals surface area (Å²) < 4.78 is 0. The van der Waals surface area contributed by atoms with Gasteiger partial charge in [0.05, 0.1) is 6.54 Å². The molecule has 1 aromatic heterocycles. The highest BCUT2D eigenvalue weighted by atomic mass is 16.2. The molecular weight excluding hydrogens is 308 g/mol. The third-order valence-corrected chi connectivity index (χ3v) is 4.23. The summed E-state index contributed by atoms with van der Waals surface area (Å²) >= 11 is 0. The average Bonchev–Trinajstić information content (AvgIpc) is 3.10. The molecule has 1 fully saturated rings. The lowest BCUT2D eigenvalue weighted by Gasteiger charge is -2.30. The number of nitrogens with one attached hydrogen (secondary N) is 2. The van der Waals surface area contributed by atoms with Crippen LogP contribution in [0.5, 0.6) is 0 Å². The lowest BCUT2D eigenvalue weighted by atomic mass is 9.96. The molecule has 0 atom stereocenters. The monoisotopic (exact) mass is 328 g/mol. The normalized spacial score (nSPS) is 16.0. The maximum absolute atomic E-state index is 12.1. The van der Waals surface area contributed by atoms with Gasteiger partial charge < -0.3 is 11.1 Å². The highest BCUT2D eigenvalue weighted by Crippen LogP contribution is 2.24. The molecule has 0 saturated carbocycles. The number of aromatic amines is 1. The van der Waals surface area contributed by atoms with Crippen molar-refractivity contribution in [3.05, 3.63) is 42.0 Å². The quantitative estimate of drug-likeness (QED) is 0.748. The Morgan fingerprint density at radius 2 is 1.96 bits per heavy atom. The highest BCUT2D eigenvalue weighted by molar-refractivity contribution is 5.95. The van der Waals surface area contributed by atoms with E-state index in [0.717, 1.165) is 31.8 Å². The van der Waals surface area contributed by atoms with E-state index in [2.05, 4.69) is 25.4 Å². The number of hydrogen-bond acceptors (Lipinski definition) is 5. The van der Waals surface area contributed by atoms with Crippen LogP contribution in [-0.2, 0) is 4.79 Å². The number of anilines is 1. The van der Waals surface area contributed by atoms with Gasteiger partial charge in [0.25, 0.3) is 0 Å². The zero-order valence-corrected chi connectivity index (χ0v) is 13.2. The second-order valence-electron chi connectivity index (χ2n) is 5.91. The van der Waals surface area contributed by atoms with Gasteiger partial charge in [-0.25, -0.2) is 4.98 Å². The number of nitrogens with two attached hydrogens (primary N) is 1. The van der Waals surface area contributed by atoms with Crippen molar-refractivity contribution in [2.75, 3.05) is 25.0 Å². The summed E-state index contributed by atoms with van der Waals surface area (Å²) in [6.45, 7) is 2.04. The Hall–Kier alpha value is -2.74. The molecule has 2 amide bonds. The predicted molar refractivity (Wildman–Crippen MR) is 88.4 cm³/mol. The fourth-order valence-corrected chi connectivity index (χ4v) is 2.90. The minimum absolute atomic E-state index is 0.0695. The van der Waals surface area contributed by atoms with E-state index < -0.39 is 5.91 Å². The molecule has 4 N–H and O–H groups in total. The van der Waals surface area contributed by atoms with Crippen LogP contribution in [0.15, 0.2) is 30.6 Å². The molecule has 1 aliphatic rings. The van der Waals surface area contributed by atoms with E-state index in [1.165, 1.54) is 6.33 Å². The maximum Gasteiger partial charge on any atom is 0.248 e. The van der Waals surface area contributed by atoms with Crippen molar-refractivity contribution in [1.82, 2.24) is 20.1 Å². The fourth-order valence-electron chi connectivity index (χ4n) is 2.90. The van der Waals surface area contributed by atoms with Gasteiger partial charge in [0.1, 0.15) is 12.2 Å². The number of piperidine rings is 1. The molecule has 126 valence electrons. The minimum atomic E-state index is -0.484. The Bertz CT molecular complexity index is 690. The summed E-state index contributed by atoms with van der Waals surface area (Å²) in [4.78, 5) is 29.5. The molecule has 8 nitrogen and oxygen atoms in total. The van der Waals surface area contributed by atoms with Gasteiger partial charge in [-0.15, -0.1) is 0 Å². The fraction of sp³-hybridized carbons (Fsp3) is 0.375. The molecular formula is C16H20N6O2. The molecule has 1 aromatic carbocycles. The highest BCUT2D eigenvalue weighted by Gasteiger charge is 2.23. The molecule has 0 unspecified atom stereocenters. The number of amides is 2. The van der Waals surface area contributed by atoms with Crippen molar-refractivity contribution in [1.29, 1.82) is 0 Å². The molecule has 0 radical (unpaired) electrons. The first kappa shape index (κ1) is 16.1. The van der Waals surface area contributed by atoms with Crippen LogP contribution in [0, 0.1) is 0 Å². The van der Waals surface area contributed by atoms with Crippen LogP contribution in [0.2, 0.25) is 0 Å². The first-order valence-electron chi connectivity index (χ1n) is 7.89. The Morgan fingerprint density at radius 3 is 2.54 bits per heavy atom. The molecule has 0 spiro atoms. The molecule has 1 aliphatic heterocycles. The van der Waals surface area contributed by atoms with Crippen molar-refractivity contribution in [2.24, 2.45) is 5.73 Å². The Labute approximate surface area is 139 Å². The second kappa shape index (κ2) is 7.22. The first-order chi connectivity index (χ1) is 11.6. The Morgan fingerprint density at radius 1 is 1.25 bits per heavy atom. The third-order valence-electron chi connectivity index (χ3n) is 4.23. The lowest BCUT2D eigenvalue weighted by Crippen LogP contribution is -2.38. The summed E-state index contributed by atoms with van der Waals surface area (Å²) in [6, 6.07) is 6.55. The van der Waals surface area contributed by atoms with Gasteiger partial charge in [0.2, 0.25) is 11.8 Å². The number of carbonyl (C=O) groups is 2. The molecule has 3 rings (SSSR count). The van der Waals surface area contributed by atoms with Crippen molar-refractivity contribution < 1.29 is 9.59 Å². The van der Waals surface area contributed by atoms with Gasteiger partial charge in [0, 0.05) is 17.2 Å². The van der Waals surface area contributed by atoms with Crippen LogP contribution < -0.4 is 11.1 Å². The maximum atomic E-state index is 12.1. The van der Waals surface area contributed by atoms with Crippen LogP contribution in [0.1, 0.15) is 34.9 Å². The lowest BCUT2D eigenvalue weighted by molar-refractivity contribution is -0.117. The number of benzene rings is 1. The summed E-state index contributed by atoms with van der Waals surface area (Å²) in [5.41, 5.74) is 6.26. The molecule has 8 heteroatoms. The van der Waals surface area contributed by atoms with Gasteiger partial charge in [-0.05, 0) is 50.2 Å². The molecule has 1 saturated heterocycles. The number of aromatic nitrogens is 3. The van der Waals surface area contributed by atoms with Gasteiger partial charge >= 0.3 is 0 Å². The summed E-state index contributed by atoms with van der Waals surface area (Å²) in [7, 11) is 0. The van der Waals surface area contributed by atoms with E-state index in [1.807, 2.05) is 0 Å². The molecule has 2 aromatic rings. The van der Waals surface area contributed by atoms with Crippen LogP contribution >= 0.6 is 0 Å². The number of nitrogens with zero attached hydrogens (tertiary/aromatic N) is 3. The van der Waals surface area contributed by atoms with Gasteiger partial charge in [0.15, 0.2) is 0 Å². The van der Waals surface area contributed by atoms with Gasteiger partial charge in [-0.1, -0.05) is 0 Å². The van der Waals surface area contributed by atoms with E-state index in [0.29, 0.717) is 23.7 Å². The summed E-state index contributed by atoms with van der Waals surface area (Å²) in [6.07, 6.45) is 3.43. The number of primary amides is 1. The number of likely N-dealkylation sites (tertiary alicyclic amines) is 1. The van der Waals surface area contributed by atoms with Crippen molar-refractivity contribution >= 4 is 17.5 Å². The molecule has 0 bridgehead atoms. The van der Waals surface area contributed by atoms with E-state index in [9.17, 15) is 9.59 Å². The zero-order chi connectivity index (χ0) is 16.9. The third kappa shape index (κ3) is 3.96. The van der Waals surface area contributed by atoms with Crippen LogP contribution in [-0.4, -0.2) is 51.5 Å². The minimum Gasteiger partial charge on any atom is -0.366 e. The summed E-state index contributed by atoms with van der Waals surface area (Å²) in [5, 5.41) is 9.63. The standard InChI is InChI=1S/C16H20N6O2/c17-15(24)11-1-3-13(4-2-11)20-14(23)9-22-7-5-12(6-8-22)16-18-10-19-21-16/h1-4,10,12H,5-9H2,(H2,17,24)(H,20,23)(H,18,19,21). The van der Waals surface area contributed by atoms with E-state index in [1.54, 1.807) is 24.3 Å². The smallest absolute Gasteiger partial charge is 0.248 e. The average molecular weight is 328 g/mol.